The lowest BCUT2D eigenvalue weighted by Gasteiger charge is -2.34. The molecule has 3 rings (SSSR count). The molecule has 4 N–H and O–H groups in total. The summed E-state index contributed by atoms with van der Waals surface area (Å²) in [5, 5.41) is 9.78. The number of carbonyl (C=O) groups is 1. The van der Waals surface area contributed by atoms with E-state index in [1.807, 2.05) is 0 Å². The lowest BCUT2D eigenvalue weighted by atomic mass is 9.72. The van der Waals surface area contributed by atoms with Crippen LogP contribution in [0, 0.1) is 11.7 Å². The molecule has 1 fully saturated rings. The van der Waals surface area contributed by atoms with Crippen molar-refractivity contribution in [3.05, 3.63) is 42.0 Å². The molecule has 9 nitrogen and oxygen atoms in total. The van der Waals surface area contributed by atoms with Gasteiger partial charge in [0.15, 0.2) is 0 Å². The predicted octanol–water partition coefficient (Wildman–Crippen LogP) is 3.57. The average molecular weight is 505 g/mol. The molecule has 1 aliphatic carbocycles. The highest BCUT2D eigenvalue weighted by molar-refractivity contribution is 7.89. The minimum absolute atomic E-state index is 0.0242. The van der Waals surface area contributed by atoms with E-state index in [9.17, 15) is 30.8 Å². The number of alkyl halides is 3. The van der Waals surface area contributed by atoms with Crippen molar-refractivity contribution in [2.24, 2.45) is 11.1 Å². The van der Waals surface area contributed by atoms with Crippen molar-refractivity contribution >= 4 is 27.8 Å². The Morgan fingerprint density at radius 3 is 2.47 bits per heavy atom. The topological polar surface area (TPSA) is 136 Å². The Morgan fingerprint density at radius 1 is 1.26 bits per heavy atom. The van der Waals surface area contributed by atoms with Gasteiger partial charge in [-0.15, -0.1) is 0 Å². The van der Waals surface area contributed by atoms with Gasteiger partial charge in [0.25, 0.3) is 0 Å². The van der Waals surface area contributed by atoms with E-state index in [2.05, 4.69) is 20.6 Å². The van der Waals surface area contributed by atoms with E-state index in [1.165, 1.54) is 13.0 Å². The molecule has 34 heavy (non-hydrogen) atoms. The van der Waals surface area contributed by atoms with Crippen molar-refractivity contribution in [1.29, 1.82) is 0 Å². The van der Waals surface area contributed by atoms with Crippen LogP contribution in [0.4, 0.5) is 34.0 Å². The molecule has 1 aromatic heterocycles. The molecule has 1 atom stereocenters. The monoisotopic (exact) mass is 505 g/mol. The average Bonchev–Trinajstić information content (AvgIpc) is 2.67. The maximum atomic E-state index is 14.1. The summed E-state index contributed by atoms with van der Waals surface area (Å²) in [5.41, 5.74) is 0.805. The van der Waals surface area contributed by atoms with Crippen molar-refractivity contribution in [1.82, 2.24) is 15.3 Å². The lowest BCUT2D eigenvalue weighted by Crippen LogP contribution is -2.38. The highest BCUT2D eigenvalue weighted by atomic mass is 32.2. The zero-order chi connectivity index (χ0) is 25.1. The summed E-state index contributed by atoms with van der Waals surface area (Å²) in [6, 6.07) is 2.08. The molecule has 0 radical (unpaired) electrons. The third kappa shape index (κ3) is 7.25. The Kier molecular flexibility index (Phi) is 7.60. The number of nitrogens with one attached hydrogen (secondary N) is 2. The first-order valence-corrected chi connectivity index (χ1v) is 11.8. The van der Waals surface area contributed by atoms with Crippen LogP contribution in [0.15, 0.2) is 35.5 Å². The van der Waals surface area contributed by atoms with E-state index >= 15 is 0 Å². The fraction of sp³-hybridized carbons (Fsp3) is 0.450. The molecule has 0 spiro atoms. The third-order valence-electron chi connectivity index (χ3n) is 5.25. The van der Waals surface area contributed by atoms with Gasteiger partial charge in [-0.05, 0) is 55.4 Å². The molecule has 0 unspecified atom stereocenters. The van der Waals surface area contributed by atoms with Crippen LogP contribution in [0.5, 0.6) is 0 Å². The van der Waals surface area contributed by atoms with Crippen molar-refractivity contribution in [3.63, 3.8) is 0 Å². The second-order valence-corrected chi connectivity index (χ2v) is 9.71. The molecular weight excluding hydrogens is 482 g/mol. The number of rotatable bonds is 8. The molecule has 1 amide bonds. The summed E-state index contributed by atoms with van der Waals surface area (Å²) in [6.07, 6.45) is -1.88. The first-order chi connectivity index (χ1) is 15.8. The fourth-order valence-electron chi connectivity index (χ4n) is 3.49. The summed E-state index contributed by atoms with van der Waals surface area (Å²) in [5.74, 6) is -0.536. The second kappa shape index (κ2) is 10.1. The van der Waals surface area contributed by atoms with Gasteiger partial charge in [0.2, 0.25) is 16.0 Å². The Bertz CT molecular complexity index is 1120. The van der Waals surface area contributed by atoms with Crippen molar-refractivity contribution in [3.8, 4) is 0 Å². The standard InChI is InChI=1S/C20H23F4N5O4S/c1-11(7-20(22,23)24)28-19(30)33-10-12-4-13(5-12)14-8-26-18(27-9-14)29-17-3-2-15(6-16(17)21)34(25,31)32/h2-3,6,8-9,11-13H,4-5,7,10H2,1H3,(H,28,30)(H2,25,31,32)(H,26,27,29)/t11-,12-,13+/m0/s1. The Morgan fingerprint density at radius 2 is 1.91 bits per heavy atom. The molecule has 0 bridgehead atoms. The number of hydrogen-bond donors (Lipinski definition) is 3. The minimum atomic E-state index is -4.37. The number of ether oxygens (including phenoxy) is 1. The molecule has 0 aliphatic heterocycles. The number of sulfonamides is 1. The largest absolute Gasteiger partial charge is 0.449 e. The third-order valence-corrected chi connectivity index (χ3v) is 6.16. The molecule has 1 aromatic carbocycles. The van der Waals surface area contributed by atoms with Gasteiger partial charge in [0, 0.05) is 18.4 Å². The Balaban J connectivity index is 1.44. The number of nitrogens with zero attached hydrogens (tertiary/aromatic N) is 2. The second-order valence-electron chi connectivity index (χ2n) is 8.15. The number of primary sulfonamides is 1. The van der Waals surface area contributed by atoms with Crippen LogP contribution >= 0.6 is 0 Å². The lowest BCUT2D eigenvalue weighted by molar-refractivity contribution is -0.138. The Labute approximate surface area is 193 Å². The van der Waals surface area contributed by atoms with E-state index in [-0.39, 0.29) is 35.0 Å². The maximum absolute atomic E-state index is 14.1. The first-order valence-electron chi connectivity index (χ1n) is 10.2. The first kappa shape index (κ1) is 25.6. The van der Waals surface area contributed by atoms with E-state index in [0.717, 1.165) is 17.7 Å². The van der Waals surface area contributed by atoms with Gasteiger partial charge < -0.3 is 15.4 Å². The van der Waals surface area contributed by atoms with Gasteiger partial charge in [-0.2, -0.15) is 13.2 Å². The van der Waals surface area contributed by atoms with Gasteiger partial charge in [0.05, 0.1) is 23.6 Å². The Hall–Kier alpha value is -3.00. The normalized spacial score (nSPS) is 19.1. The van der Waals surface area contributed by atoms with Crippen LogP contribution in [0.1, 0.15) is 37.7 Å². The predicted molar refractivity (Wildman–Crippen MR) is 113 cm³/mol. The van der Waals surface area contributed by atoms with Gasteiger partial charge in [-0.3, -0.25) is 0 Å². The highest BCUT2D eigenvalue weighted by Crippen LogP contribution is 2.41. The van der Waals surface area contributed by atoms with Crippen molar-refractivity contribution < 1.29 is 35.5 Å². The fourth-order valence-corrected chi connectivity index (χ4v) is 4.01. The molecule has 14 heteroatoms. The highest BCUT2D eigenvalue weighted by Gasteiger charge is 2.33. The van der Waals surface area contributed by atoms with Gasteiger partial charge >= 0.3 is 12.3 Å². The molecule has 2 aromatic rings. The van der Waals surface area contributed by atoms with E-state index < -0.39 is 40.6 Å². The number of anilines is 2. The summed E-state index contributed by atoms with van der Waals surface area (Å²) in [4.78, 5) is 19.5. The van der Waals surface area contributed by atoms with Gasteiger partial charge in [0.1, 0.15) is 5.82 Å². The van der Waals surface area contributed by atoms with Crippen LogP contribution in [-0.2, 0) is 14.8 Å². The van der Waals surface area contributed by atoms with Crippen LogP contribution in [0.25, 0.3) is 0 Å². The SMILES string of the molecule is C[C@@H](CC(F)(F)F)NC(=O)OC[C@H]1C[C@@H](c2cnc(Nc3ccc(S(N)(=O)=O)cc3F)nc2)C1. The summed E-state index contributed by atoms with van der Waals surface area (Å²) in [6.45, 7) is 1.34. The molecular formula is C20H23F4N5O4S. The zero-order valence-corrected chi connectivity index (χ0v) is 18.8. The number of amides is 1. The van der Waals surface area contributed by atoms with Gasteiger partial charge in [-0.25, -0.2) is 32.7 Å². The van der Waals surface area contributed by atoms with E-state index in [4.69, 9.17) is 9.88 Å². The molecule has 1 heterocycles. The smallest absolute Gasteiger partial charge is 0.407 e. The molecule has 1 saturated carbocycles. The number of nitrogens with two attached hydrogens (primary N) is 1. The van der Waals surface area contributed by atoms with Crippen LogP contribution in [0.2, 0.25) is 0 Å². The molecule has 1 aliphatic rings. The number of hydrogen-bond acceptors (Lipinski definition) is 7. The number of benzene rings is 1. The van der Waals surface area contributed by atoms with Crippen molar-refractivity contribution in [2.75, 3.05) is 11.9 Å². The number of halogens is 4. The molecule has 186 valence electrons. The summed E-state index contributed by atoms with van der Waals surface area (Å²) >= 11 is 0. The summed E-state index contributed by atoms with van der Waals surface area (Å²) in [7, 11) is -4.02. The van der Waals surface area contributed by atoms with Crippen LogP contribution in [0.3, 0.4) is 0 Å². The van der Waals surface area contributed by atoms with E-state index in [1.54, 1.807) is 12.4 Å². The number of carbonyl (C=O) groups excluding carboxylic acids is 1. The maximum Gasteiger partial charge on any atom is 0.407 e. The van der Waals surface area contributed by atoms with Gasteiger partial charge in [-0.1, -0.05) is 0 Å². The quantitative estimate of drug-likeness (QED) is 0.467. The van der Waals surface area contributed by atoms with Crippen molar-refractivity contribution in [2.45, 2.75) is 49.2 Å². The number of aromatic nitrogens is 2. The minimum Gasteiger partial charge on any atom is -0.449 e. The van der Waals surface area contributed by atoms with Crippen LogP contribution in [-0.4, -0.2) is 43.3 Å². The zero-order valence-electron chi connectivity index (χ0n) is 18.0. The molecule has 0 saturated heterocycles. The summed E-state index contributed by atoms with van der Waals surface area (Å²) < 4.78 is 78.6. The van der Waals surface area contributed by atoms with E-state index in [0.29, 0.717) is 12.8 Å². The van der Waals surface area contributed by atoms with Crippen LogP contribution < -0.4 is 15.8 Å². The number of alkyl carbamates (subject to hydrolysis) is 1.